The summed E-state index contributed by atoms with van der Waals surface area (Å²) in [5.74, 6) is -0.457. The average Bonchev–Trinajstić information content (AvgIpc) is 2.44. The second kappa shape index (κ2) is 9.69. The van der Waals surface area contributed by atoms with Crippen LogP contribution in [-0.4, -0.2) is 49.8 Å². The van der Waals surface area contributed by atoms with E-state index in [0.717, 1.165) is 12.3 Å². The summed E-state index contributed by atoms with van der Waals surface area (Å²) in [6.45, 7) is 0. The molecular formula is C14H23O6PS2. The van der Waals surface area contributed by atoms with Crippen LogP contribution < -0.4 is 5.30 Å². The highest BCUT2D eigenvalue weighted by molar-refractivity contribution is 7.86. The Morgan fingerprint density at radius 1 is 0.739 bits per heavy atom. The van der Waals surface area contributed by atoms with Crippen molar-refractivity contribution in [3.8, 4) is 0 Å². The van der Waals surface area contributed by atoms with Crippen LogP contribution in [0, 0.1) is 0 Å². The van der Waals surface area contributed by atoms with Crippen LogP contribution in [0.2, 0.25) is 0 Å². The van der Waals surface area contributed by atoms with Crippen LogP contribution in [0.3, 0.4) is 0 Å². The molecule has 1 aromatic rings. The minimum absolute atomic E-state index is 0.228. The molecule has 0 saturated carbocycles. The summed E-state index contributed by atoms with van der Waals surface area (Å²) in [5, 5.41) is 1.20. The van der Waals surface area contributed by atoms with E-state index in [0.29, 0.717) is 25.7 Å². The van der Waals surface area contributed by atoms with Gasteiger partial charge in [-0.05, 0) is 43.3 Å². The van der Waals surface area contributed by atoms with Gasteiger partial charge >= 0.3 is 0 Å². The zero-order valence-electron chi connectivity index (χ0n) is 12.8. The quantitative estimate of drug-likeness (QED) is 0.345. The van der Waals surface area contributed by atoms with Crippen LogP contribution in [0.1, 0.15) is 25.7 Å². The summed E-state index contributed by atoms with van der Waals surface area (Å²) in [6, 6.07) is 9.87. The third-order valence-corrected chi connectivity index (χ3v) is 7.63. The van der Waals surface area contributed by atoms with Gasteiger partial charge in [0, 0.05) is 0 Å². The molecule has 0 aliphatic carbocycles. The molecule has 0 atom stereocenters. The molecule has 0 fully saturated rings. The molecule has 1 rings (SSSR count). The molecule has 0 saturated heterocycles. The number of rotatable bonds is 11. The van der Waals surface area contributed by atoms with Crippen LogP contribution in [0.15, 0.2) is 30.3 Å². The first-order valence-electron chi connectivity index (χ1n) is 7.38. The van der Waals surface area contributed by atoms with Crippen molar-refractivity contribution in [2.24, 2.45) is 0 Å². The van der Waals surface area contributed by atoms with Gasteiger partial charge in [0.2, 0.25) is 0 Å². The Kier molecular flexibility index (Phi) is 8.64. The summed E-state index contributed by atoms with van der Waals surface area (Å²) < 4.78 is 60.4. The van der Waals surface area contributed by atoms with E-state index in [1.165, 1.54) is 5.30 Å². The maximum Gasteiger partial charge on any atom is 0.264 e. The molecule has 0 unspecified atom stereocenters. The molecule has 9 heteroatoms. The normalized spacial score (nSPS) is 12.7. The van der Waals surface area contributed by atoms with Crippen molar-refractivity contribution < 1.29 is 25.9 Å². The van der Waals surface area contributed by atoms with E-state index in [2.05, 4.69) is 0 Å². The van der Waals surface area contributed by atoms with Crippen molar-refractivity contribution in [1.29, 1.82) is 0 Å². The highest BCUT2D eigenvalue weighted by atomic mass is 32.2. The first-order chi connectivity index (χ1) is 10.7. The SMILES string of the molecule is O=S(=O)(O)CCCCP(CCCCS(=O)(=O)O)c1ccccc1. The highest BCUT2D eigenvalue weighted by Gasteiger charge is 2.12. The molecule has 0 aliphatic heterocycles. The smallest absolute Gasteiger partial charge is 0.264 e. The maximum atomic E-state index is 10.7. The summed E-state index contributed by atoms with van der Waals surface area (Å²) >= 11 is 0. The second-order valence-electron chi connectivity index (χ2n) is 5.31. The third-order valence-electron chi connectivity index (χ3n) is 3.28. The fraction of sp³-hybridized carbons (Fsp3) is 0.571. The molecule has 1 aromatic carbocycles. The van der Waals surface area contributed by atoms with E-state index >= 15 is 0 Å². The monoisotopic (exact) mass is 382 g/mol. The van der Waals surface area contributed by atoms with Gasteiger partial charge in [-0.15, -0.1) is 0 Å². The Hall–Kier alpha value is -0.530. The Balaban J connectivity index is 2.50. The fourth-order valence-corrected chi connectivity index (χ4v) is 5.87. The summed E-state index contributed by atoms with van der Waals surface area (Å²) in [6.07, 6.45) is 3.88. The van der Waals surface area contributed by atoms with Crippen LogP contribution in [0.25, 0.3) is 0 Å². The summed E-state index contributed by atoms with van der Waals surface area (Å²) in [7, 11) is -8.33. The predicted octanol–water partition coefficient (Wildman–Crippen LogP) is 2.13. The largest absolute Gasteiger partial charge is 0.286 e. The molecule has 0 bridgehead atoms. The van der Waals surface area contributed by atoms with E-state index in [1.54, 1.807) is 0 Å². The molecular weight excluding hydrogens is 359 g/mol. The number of hydrogen-bond donors (Lipinski definition) is 2. The predicted molar refractivity (Wildman–Crippen MR) is 94.0 cm³/mol. The minimum Gasteiger partial charge on any atom is -0.286 e. The lowest BCUT2D eigenvalue weighted by atomic mass is 10.4. The third kappa shape index (κ3) is 10.8. The van der Waals surface area contributed by atoms with Gasteiger partial charge in [-0.25, -0.2) is 0 Å². The molecule has 0 spiro atoms. The van der Waals surface area contributed by atoms with E-state index in [9.17, 15) is 16.8 Å². The average molecular weight is 382 g/mol. The summed E-state index contributed by atoms with van der Waals surface area (Å²) in [5.41, 5.74) is 0. The van der Waals surface area contributed by atoms with Gasteiger partial charge in [-0.1, -0.05) is 38.3 Å². The highest BCUT2D eigenvalue weighted by Crippen LogP contribution is 2.36. The molecule has 23 heavy (non-hydrogen) atoms. The number of benzene rings is 1. The van der Waals surface area contributed by atoms with Crippen LogP contribution in [0.4, 0.5) is 0 Å². The van der Waals surface area contributed by atoms with Crippen molar-refractivity contribution in [3.05, 3.63) is 30.3 Å². The van der Waals surface area contributed by atoms with Gasteiger partial charge in [-0.3, -0.25) is 9.11 Å². The summed E-state index contributed by atoms with van der Waals surface area (Å²) in [4.78, 5) is 0. The Bertz CT molecular complexity index is 618. The Morgan fingerprint density at radius 3 is 1.57 bits per heavy atom. The van der Waals surface area contributed by atoms with Crippen LogP contribution in [-0.2, 0) is 20.2 Å². The van der Waals surface area contributed by atoms with Gasteiger partial charge in [-0.2, -0.15) is 16.8 Å². The van der Waals surface area contributed by atoms with Crippen molar-refractivity contribution in [2.75, 3.05) is 23.8 Å². The van der Waals surface area contributed by atoms with Gasteiger partial charge in [0.15, 0.2) is 0 Å². The second-order valence-corrected chi connectivity index (χ2v) is 10.9. The molecule has 0 radical (unpaired) electrons. The standard InChI is InChI=1S/C14H23O6PS2/c15-22(16,17)12-6-4-10-21(14-8-2-1-3-9-14)11-5-7-13-23(18,19)20/h1-3,8-9H,4-7,10-13H2,(H,15,16,17)(H,18,19,20). The van der Waals surface area contributed by atoms with Crippen molar-refractivity contribution >= 4 is 33.5 Å². The van der Waals surface area contributed by atoms with Crippen LogP contribution >= 0.6 is 7.92 Å². The lowest BCUT2D eigenvalue weighted by Gasteiger charge is -2.18. The lowest BCUT2D eigenvalue weighted by molar-refractivity contribution is 0.478. The van der Waals surface area contributed by atoms with E-state index in [1.807, 2.05) is 30.3 Å². The van der Waals surface area contributed by atoms with E-state index in [4.69, 9.17) is 9.11 Å². The Labute approximate surface area is 139 Å². The van der Waals surface area contributed by atoms with Crippen molar-refractivity contribution in [1.82, 2.24) is 0 Å². The molecule has 0 amide bonds. The zero-order chi connectivity index (χ0) is 17.3. The number of unbranched alkanes of at least 4 members (excludes halogenated alkanes) is 2. The van der Waals surface area contributed by atoms with Crippen LogP contribution in [0.5, 0.6) is 0 Å². The zero-order valence-corrected chi connectivity index (χ0v) is 15.4. The van der Waals surface area contributed by atoms with Gasteiger partial charge in [0.25, 0.3) is 20.2 Å². The number of hydrogen-bond acceptors (Lipinski definition) is 4. The van der Waals surface area contributed by atoms with E-state index in [-0.39, 0.29) is 11.5 Å². The topological polar surface area (TPSA) is 109 Å². The first kappa shape index (κ1) is 20.5. The maximum absolute atomic E-state index is 10.7. The van der Waals surface area contributed by atoms with E-state index < -0.39 is 28.2 Å². The molecule has 2 N–H and O–H groups in total. The minimum atomic E-state index is -3.91. The fourth-order valence-electron chi connectivity index (χ4n) is 2.18. The van der Waals surface area contributed by atoms with Crippen molar-refractivity contribution in [2.45, 2.75) is 25.7 Å². The Morgan fingerprint density at radius 2 is 1.17 bits per heavy atom. The lowest BCUT2D eigenvalue weighted by Crippen LogP contribution is -2.10. The molecule has 0 aromatic heterocycles. The van der Waals surface area contributed by atoms with Gasteiger partial charge in [0.1, 0.15) is 0 Å². The molecule has 6 nitrogen and oxygen atoms in total. The molecule has 0 heterocycles. The van der Waals surface area contributed by atoms with Gasteiger partial charge in [0.05, 0.1) is 11.5 Å². The first-order valence-corrected chi connectivity index (χ1v) is 12.3. The van der Waals surface area contributed by atoms with Crippen molar-refractivity contribution in [3.63, 3.8) is 0 Å². The molecule has 132 valence electrons. The van der Waals surface area contributed by atoms with Gasteiger partial charge < -0.3 is 0 Å². The molecule has 0 aliphatic rings.